The third-order valence-corrected chi connectivity index (χ3v) is 2.19. The monoisotopic (exact) mass is 254 g/mol. The van der Waals surface area contributed by atoms with Gasteiger partial charge in [0.2, 0.25) is 11.7 Å². The van der Waals surface area contributed by atoms with Gasteiger partial charge in [0.25, 0.3) is 5.56 Å². The zero-order chi connectivity index (χ0) is 13.7. The molecule has 1 amide bonds. The lowest BCUT2D eigenvalue weighted by atomic mass is 10.2. The number of carbonyl (C=O) groups excluding carboxylic acids is 1. The Kier molecular flexibility index (Phi) is 4.70. The van der Waals surface area contributed by atoms with E-state index in [9.17, 15) is 9.59 Å². The number of hydrogen-bond donors (Lipinski definition) is 3. The van der Waals surface area contributed by atoms with Gasteiger partial charge in [0.1, 0.15) is 6.04 Å². The van der Waals surface area contributed by atoms with E-state index < -0.39 is 11.6 Å². The molecule has 3 N–H and O–H groups in total. The molecule has 18 heavy (non-hydrogen) atoms. The van der Waals surface area contributed by atoms with Gasteiger partial charge in [-0.15, -0.1) is 0 Å². The summed E-state index contributed by atoms with van der Waals surface area (Å²) < 4.78 is 4.94. The van der Waals surface area contributed by atoms with Crippen LogP contribution in [0.4, 0.5) is 5.82 Å². The highest BCUT2D eigenvalue weighted by molar-refractivity contribution is 5.84. The SMILES string of the molecule is COc1c(NC(C)C(=O)NC(C)C)nc[nH]c1=O. The predicted molar refractivity (Wildman–Crippen MR) is 67.8 cm³/mol. The minimum Gasteiger partial charge on any atom is -0.489 e. The summed E-state index contributed by atoms with van der Waals surface area (Å²) in [6.07, 6.45) is 1.25. The van der Waals surface area contributed by atoms with Crippen molar-refractivity contribution in [1.82, 2.24) is 15.3 Å². The van der Waals surface area contributed by atoms with Gasteiger partial charge < -0.3 is 20.4 Å². The number of methoxy groups -OCH3 is 1. The maximum Gasteiger partial charge on any atom is 0.295 e. The van der Waals surface area contributed by atoms with E-state index in [0.29, 0.717) is 0 Å². The van der Waals surface area contributed by atoms with Gasteiger partial charge >= 0.3 is 0 Å². The summed E-state index contributed by atoms with van der Waals surface area (Å²) in [5, 5.41) is 5.60. The molecule has 1 rings (SSSR count). The fraction of sp³-hybridized carbons (Fsp3) is 0.545. The average molecular weight is 254 g/mol. The van der Waals surface area contributed by atoms with Crippen molar-refractivity contribution in [3.8, 4) is 5.75 Å². The number of nitrogens with one attached hydrogen (secondary N) is 3. The lowest BCUT2D eigenvalue weighted by molar-refractivity contribution is -0.122. The molecule has 0 bridgehead atoms. The van der Waals surface area contributed by atoms with Crippen LogP contribution in [0.3, 0.4) is 0 Å². The number of nitrogens with zero attached hydrogens (tertiary/aromatic N) is 1. The molecule has 1 aromatic rings. The third-order valence-electron chi connectivity index (χ3n) is 2.19. The van der Waals surface area contributed by atoms with E-state index in [1.165, 1.54) is 13.4 Å². The molecule has 1 aromatic heterocycles. The first kappa shape index (κ1) is 14.0. The van der Waals surface area contributed by atoms with Crippen molar-refractivity contribution >= 4 is 11.7 Å². The molecule has 0 saturated heterocycles. The molecule has 0 fully saturated rings. The van der Waals surface area contributed by atoms with Crippen molar-refractivity contribution in [2.24, 2.45) is 0 Å². The van der Waals surface area contributed by atoms with Crippen LogP contribution < -0.4 is 20.9 Å². The van der Waals surface area contributed by atoms with Crippen molar-refractivity contribution < 1.29 is 9.53 Å². The molecule has 7 nitrogen and oxygen atoms in total. The highest BCUT2D eigenvalue weighted by atomic mass is 16.5. The smallest absolute Gasteiger partial charge is 0.295 e. The molecule has 0 aliphatic carbocycles. The standard InChI is InChI=1S/C11H18N4O3/c1-6(2)14-10(16)7(3)15-9-8(18-4)11(17)13-5-12-9/h5-7H,1-4H3,(H,14,16)(H2,12,13,15,17). The molecule has 1 heterocycles. The summed E-state index contributed by atoms with van der Waals surface area (Å²) in [5.41, 5.74) is -0.397. The van der Waals surface area contributed by atoms with Crippen molar-refractivity contribution in [2.45, 2.75) is 32.9 Å². The van der Waals surface area contributed by atoms with E-state index >= 15 is 0 Å². The van der Waals surface area contributed by atoms with E-state index in [2.05, 4.69) is 20.6 Å². The highest BCUT2D eigenvalue weighted by Gasteiger charge is 2.17. The number of ether oxygens (including phenoxy) is 1. The number of carbonyl (C=O) groups is 1. The largest absolute Gasteiger partial charge is 0.489 e. The van der Waals surface area contributed by atoms with Gasteiger partial charge in [-0.25, -0.2) is 4.98 Å². The molecule has 100 valence electrons. The van der Waals surface area contributed by atoms with Crippen LogP contribution in [0, 0.1) is 0 Å². The van der Waals surface area contributed by atoms with E-state index in [4.69, 9.17) is 4.74 Å². The first-order chi connectivity index (χ1) is 8.45. The second-order valence-electron chi connectivity index (χ2n) is 4.14. The minimum absolute atomic E-state index is 0.0516. The van der Waals surface area contributed by atoms with Crippen molar-refractivity contribution in [2.75, 3.05) is 12.4 Å². The predicted octanol–water partition coefficient (Wildman–Crippen LogP) is 0.103. The number of hydrogen-bond acceptors (Lipinski definition) is 5. The van der Waals surface area contributed by atoms with Crippen molar-refractivity contribution in [3.05, 3.63) is 16.7 Å². The van der Waals surface area contributed by atoms with Crippen LogP contribution >= 0.6 is 0 Å². The van der Waals surface area contributed by atoms with Gasteiger partial charge in [-0.2, -0.15) is 0 Å². The second kappa shape index (κ2) is 6.04. The van der Waals surface area contributed by atoms with Crippen molar-refractivity contribution in [1.29, 1.82) is 0 Å². The zero-order valence-electron chi connectivity index (χ0n) is 10.9. The molecule has 1 unspecified atom stereocenters. The molecule has 0 aromatic carbocycles. The van der Waals surface area contributed by atoms with Crippen LogP contribution in [0.5, 0.6) is 5.75 Å². The van der Waals surface area contributed by atoms with Crippen LogP contribution in [-0.2, 0) is 4.79 Å². The maximum atomic E-state index is 11.7. The Morgan fingerprint density at radius 3 is 2.67 bits per heavy atom. The first-order valence-corrected chi connectivity index (χ1v) is 5.64. The Balaban J connectivity index is 2.82. The third kappa shape index (κ3) is 3.47. The lowest BCUT2D eigenvalue weighted by Crippen LogP contribution is -2.41. The number of H-pyrrole nitrogens is 1. The topological polar surface area (TPSA) is 96.1 Å². The van der Waals surface area contributed by atoms with Gasteiger partial charge in [-0.3, -0.25) is 9.59 Å². The minimum atomic E-state index is -0.518. The summed E-state index contributed by atoms with van der Waals surface area (Å²) in [6, 6.07) is -0.466. The number of aromatic amines is 1. The Morgan fingerprint density at radius 1 is 1.44 bits per heavy atom. The van der Waals surface area contributed by atoms with E-state index in [1.54, 1.807) is 6.92 Å². The molecule has 7 heteroatoms. The second-order valence-corrected chi connectivity index (χ2v) is 4.14. The maximum absolute atomic E-state index is 11.7. The highest BCUT2D eigenvalue weighted by Crippen LogP contribution is 2.15. The summed E-state index contributed by atoms with van der Waals surface area (Å²) in [7, 11) is 1.37. The van der Waals surface area contributed by atoms with Gasteiger partial charge in [-0.05, 0) is 20.8 Å². The molecular formula is C11H18N4O3. The number of anilines is 1. The number of amides is 1. The molecule has 0 aliphatic heterocycles. The average Bonchev–Trinajstić information content (AvgIpc) is 2.28. The Hall–Kier alpha value is -2.05. The normalized spacial score (nSPS) is 12.1. The molecule has 0 spiro atoms. The summed E-state index contributed by atoms with van der Waals surface area (Å²) in [6.45, 7) is 5.42. The van der Waals surface area contributed by atoms with Gasteiger partial charge in [0, 0.05) is 6.04 Å². The van der Waals surface area contributed by atoms with E-state index in [1.807, 2.05) is 13.8 Å². The lowest BCUT2D eigenvalue weighted by Gasteiger charge is -2.17. The molecular weight excluding hydrogens is 236 g/mol. The van der Waals surface area contributed by atoms with Gasteiger partial charge in [0.05, 0.1) is 13.4 Å². The fourth-order valence-corrected chi connectivity index (χ4v) is 1.36. The number of rotatable bonds is 5. The van der Waals surface area contributed by atoms with Crippen LogP contribution in [0.1, 0.15) is 20.8 Å². The van der Waals surface area contributed by atoms with Crippen LogP contribution in [0.2, 0.25) is 0 Å². The fourth-order valence-electron chi connectivity index (χ4n) is 1.36. The Morgan fingerprint density at radius 2 is 2.11 bits per heavy atom. The summed E-state index contributed by atoms with van der Waals surface area (Å²) in [5.74, 6) is 0.128. The molecule has 0 saturated carbocycles. The Bertz CT molecular complexity index is 470. The van der Waals surface area contributed by atoms with Gasteiger partial charge in [-0.1, -0.05) is 0 Å². The molecule has 0 aliphatic rings. The van der Waals surface area contributed by atoms with Crippen molar-refractivity contribution in [3.63, 3.8) is 0 Å². The first-order valence-electron chi connectivity index (χ1n) is 5.64. The molecule has 0 radical (unpaired) electrons. The Labute approximate surface area is 105 Å². The van der Waals surface area contributed by atoms with E-state index in [-0.39, 0.29) is 23.5 Å². The van der Waals surface area contributed by atoms with E-state index in [0.717, 1.165) is 0 Å². The van der Waals surface area contributed by atoms with Gasteiger partial charge in [0.15, 0.2) is 5.82 Å². The summed E-state index contributed by atoms with van der Waals surface area (Å²) in [4.78, 5) is 29.5. The summed E-state index contributed by atoms with van der Waals surface area (Å²) >= 11 is 0. The quantitative estimate of drug-likeness (QED) is 0.692. The van der Waals surface area contributed by atoms with Crippen LogP contribution in [0.25, 0.3) is 0 Å². The zero-order valence-corrected chi connectivity index (χ0v) is 10.9. The van der Waals surface area contributed by atoms with Crippen LogP contribution in [-0.4, -0.2) is 35.1 Å². The molecule has 1 atom stereocenters. The number of aromatic nitrogens is 2. The van der Waals surface area contributed by atoms with Crippen LogP contribution in [0.15, 0.2) is 11.1 Å².